The highest BCUT2D eigenvalue weighted by Gasteiger charge is 1.96. The second-order valence-electron chi connectivity index (χ2n) is 2.53. The predicted octanol–water partition coefficient (Wildman–Crippen LogP) is 2.55. The van der Waals surface area contributed by atoms with Crippen LogP contribution in [0.25, 0.3) is 10.9 Å². The molecule has 3 heteroatoms. The molecule has 0 radical (unpaired) electrons. The van der Waals surface area contributed by atoms with Crippen molar-refractivity contribution in [2.45, 2.75) is 0 Å². The van der Waals surface area contributed by atoms with Crippen LogP contribution in [-0.4, -0.2) is 10.1 Å². The number of halogens is 1. The van der Waals surface area contributed by atoms with Crippen molar-refractivity contribution in [3.8, 4) is 5.75 Å². The van der Waals surface area contributed by atoms with Gasteiger partial charge in [-0.15, -0.1) is 0 Å². The van der Waals surface area contributed by atoms with E-state index in [0.29, 0.717) is 0 Å². The zero-order valence-electron chi connectivity index (χ0n) is 6.16. The third kappa shape index (κ3) is 1.36. The second-order valence-corrected chi connectivity index (χ2v) is 3.78. The van der Waals surface area contributed by atoms with Crippen molar-refractivity contribution in [2.24, 2.45) is 0 Å². The van der Waals surface area contributed by atoms with Gasteiger partial charge in [0.2, 0.25) is 0 Å². The molecule has 1 aromatic heterocycles. The van der Waals surface area contributed by atoms with E-state index < -0.39 is 0 Å². The number of nitrogens with zero attached hydrogens (tertiary/aromatic N) is 1. The third-order valence-corrected chi connectivity index (χ3v) is 2.30. The predicted molar refractivity (Wildman–Crippen MR) is 56.1 cm³/mol. The lowest BCUT2D eigenvalue weighted by atomic mass is 10.2. The molecule has 0 atom stereocenters. The number of rotatable bonds is 0. The van der Waals surface area contributed by atoms with Gasteiger partial charge in [0.25, 0.3) is 0 Å². The molecule has 0 spiro atoms. The first-order valence-electron chi connectivity index (χ1n) is 3.50. The molecule has 0 aliphatic rings. The average molecular weight is 271 g/mol. The maximum absolute atomic E-state index is 9.16. The van der Waals surface area contributed by atoms with Crippen LogP contribution in [0.2, 0.25) is 0 Å². The lowest BCUT2D eigenvalue weighted by Gasteiger charge is -1.97. The number of aromatic nitrogens is 1. The van der Waals surface area contributed by atoms with Gasteiger partial charge in [-0.25, -0.2) is 0 Å². The summed E-state index contributed by atoms with van der Waals surface area (Å²) in [6.45, 7) is 0. The normalized spacial score (nSPS) is 10.4. The van der Waals surface area contributed by atoms with E-state index in [-0.39, 0.29) is 5.75 Å². The molecule has 60 valence electrons. The molecule has 0 fully saturated rings. The highest BCUT2D eigenvalue weighted by molar-refractivity contribution is 14.1. The average Bonchev–Trinajstić information content (AvgIpc) is 2.03. The first-order valence-corrected chi connectivity index (χ1v) is 4.58. The summed E-state index contributed by atoms with van der Waals surface area (Å²) >= 11 is 2.23. The number of aromatic hydroxyl groups is 1. The van der Waals surface area contributed by atoms with Crippen molar-refractivity contribution in [3.05, 3.63) is 34.0 Å². The molecule has 0 aliphatic heterocycles. The van der Waals surface area contributed by atoms with Crippen LogP contribution in [0.15, 0.2) is 30.5 Å². The summed E-state index contributed by atoms with van der Waals surface area (Å²) in [5.74, 6) is 0.213. The molecule has 0 saturated heterocycles. The van der Waals surface area contributed by atoms with Gasteiger partial charge in [-0.05, 0) is 46.9 Å². The van der Waals surface area contributed by atoms with Crippen LogP contribution >= 0.6 is 22.6 Å². The lowest BCUT2D eigenvalue weighted by molar-refractivity contribution is 0.474. The highest BCUT2D eigenvalue weighted by atomic mass is 127. The zero-order valence-corrected chi connectivity index (χ0v) is 8.32. The van der Waals surface area contributed by atoms with Crippen molar-refractivity contribution in [2.75, 3.05) is 0 Å². The summed E-state index contributed by atoms with van der Waals surface area (Å²) in [6, 6.07) is 7.64. The largest absolute Gasteiger partial charge is 0.506 e. The summed E-state index contributed by atoms with van der Waals surface area (Å²) in [6.07, 6.45) is 1.45. The van der Waals surface area contributed by atoms with E-state index in [0.717, 1.165) is 14.5 Å². The smallest absolute Gasteiger partial charge is 0.134 e. The van der Waals surface area contributed by atoms with Crippen molar-refractivity contribution in [3.63, 3.8) is 0 Å². The van der Waals surface area contributed by atoms with E-state index >= 15 is 0 Å². The number of hydrogen-bond acceptors (Lipinski definition) is 2. The van der Waals surface area contributed by atoms with Gasteiger partial charge in [0, 0.05) is 8.96 Å². The van der Waals surface area contributed by atoms with Gasteiger partial charge in [-0.1, -0.05) is 0 Å². The summed E-state index contributed by atoms with van der Waals surface area (Å²) in [4.78, 5) is 4.07. The Labute approximate surface area is 83.4 Å². The van der Waals surface area contributed by atoms with E-state index in [9.17, 15) is 0 Å². The van der Waals surface area contributed by atoms with Gasteiger partial charge in [-0.3, -0.25) is 4.98 Å². The highest BCUT2D eigenvalue weighted by Crippen LogP contribution is 2.19. The van der Waals surface area contributed by atoms with E-state index in [1.165, 1.54) is 6.20 Å². The van der Waals surface area contributed by atoms with Gasteiger partial charge >= 0.3 is 0 Å². The van der Waals surface area contributed by atoms with Gasteiger partial charge < -0.3 is 5.11 Å². The van der Waals surface area contributed by atoms with Crippen LogP contribution in [0.3, 0.4) is 0 Å². The Bertz CT molecular complexity index is 391. The third-order valence-electron chi connectivity index (χ3n) is 1.63. The van der Waals surface area contributed by atoms with Crippen molar-refractivity contribution in [1.29, 1.82) is 0 Å². The molecule has 12 heavy (non-hydrogen) atoms. The Morgan fingerprint density at radius 3 is 2.92 bits per heavy atom. The molecule has 0 unspecified atom stereocenters. The number of hydrogen-bond donors (Lipinski definition) is 1. The van der Waals surface area contributed by atoms with E-state index in [1.807, 2.05) is 18.2 Å². The first-order chi connectivity index (χ1) is 5.75. The van der Waals surface area contributed by atoms with Gasteiger partial charge in [0.15, 0.2) is 0 Å². The molecule has 0 amide bonds. The molecule has 1 N–H and O–H groups in total. The quantitative estimate of drug-likeness (QED) is 0.747. The molecule has 2 aromatic rings. The van der Waals surface area contributed by atoms with Crippen molar-refractivity contribution >= 4 is 33.5 Å². The van der Waals surface area contributed by atoms with E-state index in [2.05, 4.69) is 27.6 Å². The maximum atomic E-state index is 9.16. The SMILES string of the molecule is Oc1cnc2ccc(I)cc2c1. The Morgan fingerprint density at radius 2 is 2.08 bits per heavy atom. The molecule has 2 rings (SSSR count). The van der Waals surface area contributed by atoms with Crippen molar-refractivity contribution < 1.29 is 5.11 Å². The number of fused-ring (bicyclic) bond motifs is 1. The molecule has 0 aliphatic carbocycles. The van der Waals surface area contributed by atoms with Crippen LogP contribution in [0, 0.1) is 3.57 Å². The van der Waals surface area contributed by atoms with Gasteiger partial charge in [-0.2, -0.15) is 0 Å². The minimum absolute atomic E-state index is 0.213. The fourth-order valence-corrected chi connectivity index (χ4v) is 1.61. The molecule has 1 heterocycles. The number of benzene rings is 1. The van der Waals surface area contributed by atoms with Gasteiger partial charge in [0.1, 0.15) is 5.75 Å². The summed E-state index contributed by atoms with van der Waals surface area (Å²) in [5, 5.41) is 10.1. The standard InChI is InChI=1S/C9H6INO/c10-7-1-2-9-6(3-7)4-8(12)5-11-9/h1-5,12H. The Kier molecular flexibility index (Phi) is 1.88. The van der Waals surface area contributed by atoms with Crippen LogP contribution in [0.1, 0.15) is 0 Å². The summed E-state index contributed by atoms with van der Waals surface area (Å²) < 4.78 is 1.15. The maximum Gasteiger partial charge on any atom is 0.134 e. The molecular weight excluding hydrogens is 265 g/mol. The minimum Gasteiger partial charge on any atom is -0.506 e. The van der Waals surface area contributed by atoms with Crippen LogP contribution < -0.4 is 0 Å². The lowest BCUT2D eigenvalue weighted by Crippen LogP contribution is -1.78. The summed E-state index contributed by atoms with van der Waals surface area (Å²) in [5.41, 5.74) is 0.910. The fraction of sp³-hybridized carbons (Fsp3) is 0. The van der Waals surface area contributed by atoms with E-state index in [4.69, 9.17) is 5.11 Å². The Balaban J connectivity index is 2.80. The first kappa shape index (κ1) is 7.79. The topological polar surface area (TPSA) is 33.1 Å². The van der Waals surface area contributed by atoms with Crippen molar-refractivity contribution in [1.82, 2.24) is 4.98 Å². The Hall–Kier alpha value is -0.840. The minimum atomic E-state index is 0.213. The van der Waals surface area contributed by atoms with E-state index in [1.54, 1.807) is 6.07 Å². The van der Waals surface area contributed by atoms with Crippen LogP contribution in [-0.2, 0) is 0 Å². The molecule has 1 aromatic carbocycles. The second kappa shape index (κ2) is 2.90. The molecule has 2 nitrogen and oxygen atoms in total. The molecular formula is C9H6INO. The summed E-state index contributed by atoms with van der Waals surface area (Å²) in [7, 11) is 0. The number of pyridine rings is 1. The van der Waals surface area contributed by atoms with Crippen LogP contribution in [0.5, 0.6) is 5.75 Å². The molecule has 0 saturated carbocycles. The Morgan fingerprint density at radius 1 is 1.25 bits per heavy atom. The van der Waals surface area contributed by atoms with Gasteiger partial charge in [0.05, 0.1) is 11.7 Å². The monoisotopic (exact) mass is 271 g/mol. The molecule has 0 bridgehead atoms. The fourth-order valence-electron chi connectivity index (χ4n) is 1.09. The van der Waals surface area contributed by atoms with Crippen LogP contribution in [0.4, 0.5) is 0 Å². The zero-order chi connectivity index (χ0) is 8.55.